The zero-order valence-corrected chi connectivity index (χ0v) is 26.3. The predicted molar refractivity (Wildman–Crippen MR) is 178 cm³/mol. The maximum absolute atomic E-state index is 7.27. The number of methoxy groups -OCH3 is 2. The van der Waals surface area contributed by atoms with E-state index in [1.807, 2.05) is 53.5 Å². The van der Waals surface area contributed by atoms with Gasteiger partial charge in [0.1, 0.15) is 11.4 Å². The van der Waals surface area contributed by atoms with Gasteiger partial charge in [0.15, 0.2) is 11.5 Å². The van der Waals surface area contributed by atoms with Crippen molar-refractivity contribution in [3.8, 4) is 22.6 Å². The number of halogens is 1. The van der Waals surface area contributed by atoms with Crippen molar-refractivity contribution in [1.29, 1.82) is 0 Å². The van der Waals surface area contributed by atoms with Crippen LogP contribution in [0, 0.1) is 0 Å². The summed E-state index contributed by atoms with van der Waals surface area (Å²) in [4.78, 5) is 9.93. The van der Waals surface area contributed by atoms with Gasteiger partial charge in [-0.25, -0.2) is 4.98 Å². The summed E-state index contributed by atoms with van der Waals surface area (Å²) >= 11 is 9.02. The van der Waals surface area contributed by atoms with Crippen LogP contribution in [0.1, 0.15) is 28.1 Å². The number of pyridine rings is 1. The molecule has 7 rings (SSSR count). The van der Waals surface area contributed by atoms with Crippen LogP contribution in [-0.2, 0) is 30.9 Å². The zero-order valence-electron chi connectivity index (χ0n) is 24.8. The van der Waals surface area contributed by atoms with Crippen molar-refractivity contribution in [3.05, 3.63) is 106 Å². The van der Waals surface area contributed by atoms with Crippen LogP contribution in [0.4, 0.5) is 5.69 Å². The number of nitrogens with zero attached hydrogens (tertiary/aromatic N) is 4. The van der Waals surface area contributed by atoms with E-state index in [9.17, 15) is 0 Å². The second-order valence-electron chi connectivity index (χ2n) is 10.9. The monoisotopic (exact) mass is 624 g/mol. The van der Waals surface area contributed by atoms with Gasteiger partial charge in [0.25, 0.3) is 0 Å². The average molecular weight is 625 g/mol. The number of thiophene rings is 1. The van der Waals surface area contributed by atoms with Crippen LogP contribution in [0.25, 0.3) is 21.3 Å². The lowest BCUT2D eigenvalue weighted by Crippen LogP contribution is -2.29. The molecule has 44 heavy (non-hydrogen) atoms. The van der Waals surface area contributed by atoms with E-state index in [0.29, 0.717) is 28.1 Å². The van der Waals surface area contributed by atoms with Crippen LogP contribution in [0.15, 0.2) is 84.0 Å². The molecule has 0 fully saturated rings. The molecule has 7 nitrogen and oxygen atoms in total. The Bertz CT molecular complexity index is 1830. The van der Waals surface area contributed by atoms with Crippen LogP contribution in [0.3, 0.4) is 0 Å². The SMILES string of the molecule is COc1ccc(-c2c(Cl)c(COC3=NN(c4ccccc4)CC3)nc3sc4c(c23)CCN(Cc2ccccc2)C4)cc1OC. The van der Waals surface area contributed by atoms with Crippen LogP contribution >= 0.6 is 22.9 Å². The minimum atomic E-state index is 0.235. The molecule has 0 atom stereocenters. The zero-order chi connectivity index (χ0) is 30.0. The minimum absolute atomic E-state index is 0.235. The number of fused-ring (bicyclic) bond motifs is 3. The van der Waals surface area contributed by atoms with E-state index in [1.54, 1.807) is 25.6 Å². The fraction of sp³-hybridized carbons (Fsp3) is 0.257. The number of rotatable bonds is 8. The summed E-state index contributed by atoms with van der Waals surface area (Å²) in [5.74, 6) is 2.01. The third-order valence-electron chi connectivity index (χ3n) is 8.20. The standard InChI is InChI=1S/C35H33ClN4O3S/c1-41-28-14-13-24(19-29(28)42-2)32-33-26-15-17-39(20-23-9-5-3-6-10-23)21-30(26)44-35(33)37-27(34(32)36)22-43-31-16-18-40(38-31)25-11-7-4-8-12-25/h3-14,19H,15-18,20-22H2,1-2H3. The molecule has 2 aliphatic rings. The topological polar surface area (TPSA) is 59.4 Å². The number of hydrogen-bond donors (Lipinski definition) is 0. The molecular weight excluding hydrogens is 592 g/mol. The van der Waals surface area contributed by atoms with Gasteiger partial charge in [0.05, 0.1) is 37.2 Å². The first-order chi connectivity index (χ1) is 21.6. The van der Waals surface area contributed by atoms with Crippen molar-refractivity contribution in [1.82, 2.24) is 9.88 Å². The van der Waals surface area contributed by atoms with E-state index in [2.05, 4.69) is 35.2 Å². The molecule has 0 saturated carbocycles. The Kier molecular flexibility index (Phi) is 8.12. The molecule has 0 saturated heterocycles. The van der Waals surface area contributed by atoms with Crippen molar-refractivity contribution < 1.29 is 14.2 Å². The smallest absolute Gasteiger partial charge is 0.208 e. The number of benzene rings is 3. The molecule has 0 bridgehead atoms. The Hall–Kier alpha value is -4.11. The number of para-hydroxylation sites is 1. The molecule has 0 spiro atoms. The lowest BCUT2D eigenvalue weighted by Gasteiger charge is -2.27. The maximum Gasteiger partial charge on any atom is 0.208 e. The highest BCUT2D eigenvalue weighted by Gasteiger charge is 2.27. The average Bonchev–Trinajstić information content (AvgIpc) is 3.69. The Labute approximate surface area is 266 Å². The van der Waals surface area contributed by atoms with Gasteiger partial charge in [-0.2, -0.15) is 0 Å². The molecule has 3 aromatic carbocycles. The number of anilines is 1. The van der Waals surface area contributed by atoms with E-state index in [0.717, 1.165) is 66.1 Å². The van der Waals surface area contributed by atoms with Crippen LogP contribution in [0.5, 0.6) is 11.5 Å². The fourth-order valence-electron chi connectivity index (χ4n) is 6.02. The van der Waals surface area contributed by atoms with Crippen molar-refractivity contribution in [3.63, 3.8) is 0 Å². The number of ether oxygens (including phenoxy) is 3. The Morgan fingerprint density at radius 2 is 1.66 bits per heavy atom. The number of hydrazone groups is 1. The van der Waals surface area contributed by atoms with Crippen LogP contribution in [-0.4, -0.2) is 43.1 Å². The molecule has 224 valence electrons. The lowest BCUT2D eigenvalue weighted by atomic mass is 9.95. The van der Waals surface area contributed by atoms with Crippen LogP contribution in [0.2, 0.25) is 5.02 Å². The highest BCUT2D eigenvalue weighted by Crippen LogP contribution is 2.46. The predicted octanol–water partition coefficient (Wildman–Crippen LogP) is 7.93. The number of aromatic nitrogens is 1. The highest BCUT2D eigenvalue weighted by atomic mass is 35.5. The molecule has 0 amide bonds. The molecule has 2 aliphatic heterocycles. The lowest BCUT2D eigenvalue weighted by molar-refractivity contribution is 0.249. The van der Waals surface area contributed by atoms with Gasteiger partial charge < -0.3 is 14.2 Å². The maximum atomic E-state index is 7.27. The molecule has 4 heterocycles. The van der Waals surface area contributed by atoms with Gasteiger partial charge in [0, 0.05) is 41.9 Å². The summed E-state index contributed by atoms with van der Waals surface area (Å²) in [6.45, 7) is 3.78. The molecule has 0 aliphatic carbocycles. The molecule has 2 aromatic heterocycles. The molecule has 0 unspecified atom stereocenters. The fourth-order valence-corrected chi connectivity index (χ4v) is 7.61. The summed E-state index contributed by atoms with van der Waals surface area (Å²) in [5.41, 5.74) is 6.32. The Morgan fingerprint density at radius 1 is 0.886 bits per heavy atom. The summed E-state index contributed by atoms with van der Waals surface area (Å²) in [6, 6.07) is 26.8. The Balaban J connectivity index is 1.25. The molecule has 5 aromatic rings. The first kappa shape index (κ1) is 28.6. The molecular formula is C35H33ClN4O3S. The van der Waals surface area contributed by atoms with E-state index in [1.165, 1.54) is 16.0 Å². The van der Waals surface area contributed by atoms with Crippen molar-refractivity contribution in [2.24, 2.45) is 5.10 Å². The van der Waals surface area contributed by atoms with E-state index in [-0.39, 0.29) is 6.61 Å². The summed E-state index contributed by atoms with van der Waals surface area (Å²) in [7, 11) is 3.30. The normalized spacial score (nSPS) is 14.9. The van der Waals surface area contributed by atoms with Crippen molar-refractivity contribution in [2.45, 2.75) is 32.5 Å². The van der Waals surface area contributed by atoms with E-state index >= 15 is 0 Å². The van der Waals surface area contributed by atoms with Gasteiger partial charge >= 0.3 is 0 Å². The van der Waals surface area contributed by atoms with Gasteiger partial charge in [-0.15, -0.1) is 16.4 Å². The Morgan fingerprint density at radius 3 is 2.43 bits per heavy atom. The first-order valence-electron chi connectivity index (χ1n) is 14.8. The van der Waals surface area contributed by atoms with Gasteiger partial charge in [-0.05, 0) is 47.4 Å². The van der Waals surface area contributed by atoms with Crippen LogP contribution < -0.4 is 14.5 Å². The molecule has 0 radical (unpaired) electrons. The third kappa shape index (κ3) is 5.61. The number of hydrogen-bond acceptors (Lipinski definition) is 8. The summed E-state index contributed by atoms with van der Waals surface area (Å²) in [5, 5.41) is 8.39. The highest BCUT2D eigenvalue weighted by molar-refractivity contribution is 7.19. The quantitative estimate of drug-likeness (QED) is 0.175. The minimum Gasteiger partial charge on any atom is -0.493 e. The third-order valence-corrected chi connectivity index (χ3v) is 9.72. The van der Waals surface area contributed by atoms with Crippen molar-refractivity contribution >= 4 is 44.7 Å². The second-order valence-corrected chi connectivity index (χ2v) is 12.4. The molecule has 0 N–H and O–H groups in total. The molecule has 9 heteroatoms. The van der Waals surface area contributed by atoms with Gasteiger partial charge in [-0.1, -0.05) is 66.2 Å². The summed E-state index contributed by atoms with van der Waals surface area (Å²) < 4.78 is 17.4. The van der Waals surface area contributed by atoms with Gasteiger partial charge in [-0.3, -0.25) is 9.91 Å². The summed E-state index contributed by atoms with van der Waals surface area (Å²) in [6.07, 6.45) is 1.66. The first-order valence-corrected chi connectivity index (χ1v) is 15.9. The largest absolute Gasteiger partial charge is 0.493 e. The van der Waals surface area contributed by atoms with E-state index < -0.39 is 0 Å². The van der Waals surface area contributed by atoms with Crippen molar-refractivity contribution in [2.75, 3.05) is 32.3 Å². The second kappa shape index (κ2) is 12.5. The van der Waals surface area contributed by atoms with E-state index in [4.69, 9.17) is 35.9 Å². The van der Waals surface area contributed by atoms with Gasteiger partial charge in [0.2, 0.25) is 5.90 Å².